The topological polar surface area (TPSA) is 97.0 Å². The number of para-hydroxylation sites is 3. The Hall–Kier alpha value is -3.55. The van der Waals surface area contributed by atoms with Gasteiger partial charge in [0.05, 0.1) is 12.3 Å². The number of ether oxygens (including phenoxy) is 2. The maximum atomic E-state index is 12.2. The Bertz CT molecular complexity index is 895. The van der Waals surface area contributed by atoms with Gasteiger partial charge < -0.3 is 25.0 Å². The molecule has 0 bridgehead atoms. The number of hydrogen-bond acceptors (Lipinski definition) is 5. The number of benzene rings is 2. The van der Waals surface area contributed by atoms with Gasteiger partial charge in [0.2, 0.25) is 0 Å². The summed E-state index contributed by atoms with van der Waals surface area (Å²) in [5, 5.41) is 5.26. The van der Waals surface area contributed by atoms with Crippen LogP contribution in [0.3, 0.4) is 0 Å². The zero-order valence-electron chi connectivity index (χ0n) is 17.5. The van der Waals surface area contributed by atoms with E-state index in [0.717, 1.165) is 12.8 Å². The molecule has 2 aromatic rings. The summed E-state index contributed by atoms with van der Waals surface area (Å²) >= 11 is 0. The van der Waals surface area contributed by atoms with Crippen molar-refractivity contribution in [2.24, 2.45) is 5.92 Å². The van der Waals surface area contributed by atoms with Gasteiger partial charge in [-0.15, -0.1) is 0 Å². The van der Waals surface area contributed by atoms with Crippen molar-refractivity contribution < 1.29 is 23.9 Å². The average Bonchev–Trinajstić information content (AvgIpc) is 2.80. The first kappa shape index (κ1) is 22.1. The lowest BCUT2D eigenvalue weighted by Gasteiger charge is -2.31. The molecule has 8 heteroatoms. The summed E-state index contributed by atoms with van der Waals surface area (Å²) in [5.74, 6) is -0.221. The SMILES string of the molecule is CCOc1ccccc1NC(=O)C(=O)NCC1CCN(C(=O)Oc2ccccc2)CC1. The van der Waals surface area contributed by atoms with Gasteiger partial charge in [-0.2, -0.15) is 0 Å². The summed E-state index contributed by atoms with van der Waals surface area (Å²) in [6.07, 6.45) is 1.07. The first-order valence-corrected chi connectivity index (χ1v) is 10.4. The number of rotatable bonds is 6. The third kappa shape index (κ3) is 6.47. The fourth-order valence-corrected chi connectivity index (χ4v) is 3.32. The number of carbonyl (C=O) groups is 3. The monoisotopic (exact) mass is 425 g/mol. The first-order chi connectivity index (χ1) is 15.1. The predicted molar refractivity (Wildman–Crippen MR) is 116 cm³/mol. The summed E-state index contributed by atoms with van der Waals surface area (Å²) in [5.41, 5.74) is 0.453. The van der Waals surface area contributed by atoms with Crippen LogP contribution in [0.4, 0.5) is 10.5 Å². The molecule has 0 radical (unpaired) electrons. The van der Waals surface area contributed by atoms with Gasteiger partial charge in [0, 0.05) is 19.6 Å². The number of likely N-dealkylation sites (tertiary alicyclic amines) is 1. The molecule has 0 unspecified atom stereocenters. The maximum Gasteiger partial charge on any atom is 0.415 e. The van der Waals surface area contributed by atoms with Gasteiger partial charge in [-0.3, -0.25) is 9.59 Å². The van der Waals surface area contributed by atoms with Crippen LogP contribution >= 0.6 is 0 Å². The molecule has 0 aliphatic carbocycles. The number of nitrogens with zero attached hydrogens (tertiary/aromatic N) is 1. The lowest BCUT2D eigenvalue weighted by Crippen LogP contribution is -2.44. The third-order valence-electron chi connectivity index (χ3n) is 5.01. The van der Waals surface area contributed by atoms with Crippen LogP contribution in [0.2, 0.25) is 0 Å². The molecule has 0 saturated carbocycles. The van der Waals surface area contributed by atoms with Crippen LogP contribution in [0.5, 0.6) is 11.5 Å². The second kappa shape index (κ2) is 11.0. The van der Waals surface area contributed by atoms with E-state index in [0.29, 0.717) is 43.4 Å². The number of piperidine rings is 1. The second-order valence-corrected chi connectivity index (χ2v) is 7.20. The van der Waals surface area contributed by atoms with Gasteiger partial charge >= 0.3 is 17.9 Å². The van der Waals surface area contributed by atoms with E-state index in [1.807, 2.05) is 25.1 Å². The minimum absolute atomic E-state index is 0.188. The molecule has 1 aliphatic heterocycles. The van der Waals surface area contributed by atoms with E-state index in [2.05, 4.69) is 10.6 Å². The Labute approximate surface area is 181 Å². The van der Waals surface area contributed by atoms with Gasteiger partial charge in [0.25, 0.3) is 0 Å². The molecule has 1 aliphatic rings. The van der Waals surface area contributed by atoms with E-state index in [1.54, 1.807) is 41.3 Å². The summed E-state index contributed by atoms with van der Waals surface area (Å²) in [6, 6.07) is 15.9. The van der Waals surface area contributed by atoms with Crippen molar-refractivity contribution in [3.05, 3.63) is 54.6 Å². The van der Waals surface area contributed by atoms with Crippen LogP contribution in [0, 0.1) is 5.92 Å². The van der Waals surface area contributed by atoms with E-state index >= 15 is 0 Å². The number of hydrogen-bond donors (Lipinski definition) is 2. The van der Waals surface area contributed by atoms with Crippen molar-refractivity contribution in [3.8, 4) is 11.5 Å². The van der Waals surface area contributed by atoms with E-state index in [4.69, 9.17) is 9.47 Å². The van der Waals surface area contributed by atoms with E-state index in [-0.39, 0.29) is 12.0 Å². The fraction of sp³-hybridized carbons (Fsp3) is 0.348. The van der Waals surface area contributed by atoms with Crippen molar-refractivity contribution >= 4 is 23.6 Å². The number of amides is 3. The highest BCUT2D eigenvalue weighted by Gasteiger charge is 2.25. The van der Waals surface area contributed by atoms with Crippen molar-refractivity contribution in [2.45, 2.75) is 19.8 Å². The minimum atomic E-state index is -0.740. The number of carbonyl (C=O) groups excluding carboxylic acids is 3. The molecule has 2 aromatic carbocycles. The average molecular weight is 425 g/mol. The van der Waals surface area contributed by atoms with Crippen molar-refractivity contribution in [1.29, 1.82) is 0 Å². The number of nitrogens with one attached hydrogen (secondary N) is 2. The second-order valence-electron chi connectivity index (χ2n) is 7.20. The summed E-state index contributed by atoms with van der Waals surface area (Å²) < 4.78 is 10.8. The molecule has 3 amide bonds. The molecule has 3 rings (SSSR count). The van der Waals surface area contributed by atoms with E-state index in [9.17, 15) is 14.4 Å². The zero-order chi connectivity index (χ0) is 22.1. The van der Waals surface area contributed by atoms with Crippen LogP contribution in [0.15, 0.2) is 54.6 Å². The Morgan fingerprint density at radius 1 is 0.968 bits per heavy atom. The first-order valence-electron chi connectivity index (χ1n) is 10.4. The highest BCUT2D eigenvalue weighted by atomic mass is 16.6. The lowest BCUT2D eigenvalue weighted by atomic mass is 9.97. The molecule has 0 aromatic heterocycles. The lowest BCUT2D eigenvalue weighted by molar-refractivity contribution is -0.136. The highest BCUT2D eigenvalue weighted by Crippen LogP contribution is 2.23. The van der Waals surface area contributed by atoms with Gasteiger partial charge in [0.15, 0.2) is 0 Å². The van der Waals surface area contributed by atoms with Crippen LogP contribution in [0.1, 0.15) is 19.8 Å². The molecular weight excluding hydrogens is 398 g/mol. The van der Waals surface area contributed by atoms with Gasteiger partial charge in [-0.25, -0.2) is 4.79 Å². The van der Waals surface area contributed by atoms with Gasteiger partial charge in [-0.1, -0.05) is 30.3 Å². The molecule has 1 saturated heterocycles. The standard InChI is InChI=1S/C23H27N3O5/c1-2-30-20-11-7-6-10-19(20)25-22(28)21(27)24-16-17-12-14-26(15-13-17)23(29)31-18-8-4-3-5-9-18/h3-11,17H,2,12-16H2,1H3,(H,24,27)(H,25,28). The minimum Gasteiger partial charge on any atom is -0.492 e. The van der Waals surface area contributed by atoms with Crippen molar-refractivity contribution in [2.75, 3.05) is 31.6 Å². The van der Waals surface area contributed by atoms with Crippen molar-refractivity contribution in [1.82, 2.24) is 10.2 Å². The number of anilines is 1. The molecule has 31 heavy (non-hydrogen) atoms. The van der Waals surface area contributed by atoms with Gasteiger partial charge in [-0.05, 0) is 49.9 Å². The molecule has 0 spiro atoms. The molecule has 0 atom stereocenters. The predicted octanol–water partition coefficient (Wildman–Crippen LogP) is 3.05. The largest absolute Gasteiger partial charge is 0.492 e. The molecule has 8 nitrogen and oxygen atoms in total. The van der Waals surface area contributed by atoms with Crippen LogP contribution in [-0.2, 0) is 9.59 Å². The van der Waals surface area contributed by atoms with Crippen LogP contribution < -0.4 is 20.1 Å². The third-order valence-corrected chi connectivity index (χ3v) is 5.01. The quantitative estimate of drug-likeness (QED) is 0.694. The summed E-state index contributed by atoms with van der Waals surface area (Å²) in [6.45, 7) is 3.76. The smallest absolute Gasteiger partial charge is 0.415 e. The van der Waals surface area contributed by atoms with Gasteiger partial charge in [0.1, 0.15) is 11.5 Å². The normalized spacial score (nSPS) is 13.9. The molecule has 1 heterocycles. The Morgan fingerprint density at radius 3 is 2.35 bits per heavy atom. The van der Waals surface area contributed by atoms with Crippen LogP contribution in [0.25, 0.3) is 0 Å². The molecular formula is C23H27N3O5. The zero-order valence-corrected chi connectivity index (χ0v) is 17.5. The Balaban J connectivity index is 1.40. The van der Waals surface area contributed by atoms with Crippen molar-refractivity contribution in [3.63, 3.8) is 0 Å². The maximum absolute atomic E-state index is 12.2. The Morgan fingerprint density at radius 2 is 1.65 bits per heavy atom. The van der Waals surface area contributed by atoms with Crippen LogP contribution in [-0.4, -0.2) is 49.0 Å². The van der Waals surface area contributed by atoms with E-state index < -0.39 is 11.8 Å². The highest BCUT2D eigenvalue weighted by molar-refractivity contribution is 6.39. The molecule has 164 valence electrons. The Kier molecular flexibility index (Phi) is 7.86. The molecule has 2 N–H and O–H groups in total. The fourth-order valence-electron chi connectivity index (χ4n) is 3.32. The summed E-state index contributed by atoms with van der Waals surface area (Å²) in [7, 11) is 0. The molecule has 1 fully saturated rings. The summed E-state index contributed by atoms with van der Waals surface area (Å²) in [4.78, 5) is 38.3. The van der Waals surface area contributed by atoms with E-state index in [1.165, 1.54) is 0 Å².